The van der Waals surface area contributed by atoms with Crippen molar-refractivity contribution in [2.75, 3.05) is 0 Å². The summed E-state index contributed by atoms with van der Waals surface area (Å²) >= 11 is 0. The number of hydrogen-bond donors (Lipinski definition) is 3. The summed E-state index contributed by atoms with van der Waals surface area (Å²) in [6, 6.07) is 0. The van der Waals surface area contributed by atoms with Gasteiger partial charge in [-0.1, -0.05) is 0 Å². The van der Waals surface area contributed by atoms with E-state index in [4.69, 9.17) is 15.3 Å². The van der Waals surface area contributed by atoms with E-state index in [2.05, 4.69) is 0 Å². The van der Waals surface area contributed by atoms with Gasteiger partial charge in [0.1, 0.15) is 0 Å². The highest BCUT2D eigenvalue weighted by Gasteiger charge is 1.72. The molecule has 3 heteroatoms. The van der Waals surface area contributed by atoms with Crippen molar-refractivity contribution in [1.29, 1.82) is 0 Å². The van der Waals surface area contributed by atoms with Crippen molar-refractivity contribution in [2.45, 2.75) is 6.48 Å². The van der Waals surface area contributed by atoms with Crippen molar-refractivity contribution >= 4 is 0 Å². The predicted molar refractivity (Wildman–Crippen MR) is 10.4 cm³/mol. The normalized spacial score (nSPS) is 9.00. The van der Waals surface area contributed by atoms with E-state index in [1.807, 2.05) is 0 Å². The standard InChI is InChI=1S/CH4O3/c2-1(3)4/h1-4H. The lowest BCUT2D eigenvalue weighted by atomic mass is 11.4. The summed E-state index contributed by atoms with van der Waals surface area (Å²) in [6.45, 7) is -2.17. The molecule has 0 rings (SSSR count). The van der Waals surface area contributed by atoms with Gasteiger partial charge in [-0.25, -0.2) is 0 Å². The summed E-state index contributed by atoms with van der Waals surface area (Å²) < 4.78 is 0. The van der Waals surface area contributed by atoms with Gasteiger partial charge in [0.25, 0.3) is 6.48 Å². The Morgan fingerprint density at radius 3 is 1.00 bits per heavy atom. The first-order chi connectivity index (χ1) is 1.73. The third-order valence-corrected chi connectivity index (χ3v) is 0. The van der Waals surface area contributed by atoms with Crippen molar-refractivity contribution in [3.8, 4) is 0 Å². The number of aliphatic hydroxyl groups excluding tert-OH is 1. The van der Waals surface area contributed by atoms with Crippen LogP contribution < -0.4 is 0 Å². The molecule has 3 N–H and O–H groups in total. The Bertz CT molecular complexity index is 8.00. The SMILES string of the molecule is OC(O)O. The van der Waals surface area contributed by atoms with Crippen LogP contribution in [0.5, 0.6) is 0 Å². The third kappa shape index (κ3) is 101. The Balaban J connectivity index is 2.32. The molecule has 26 valence electrons. The molecule has 3 nitrogen and oxygen atoms in total. The van der Waals surface area contributed by atoms with Crippen LogP contribution in [0.25, 0.3) is 0 Å². The lowest BCUT2D eigenvalue weighted by Gasteiger charge is -1.80. The van der Waals surface area contributed by atoms with Crippen LogP contribution >= 0.6 is 0 Å². The zero-order chi connectivity index (χ0) is 3.58. The highest BCUT2D eigenvalue weighted by molar-refractivity contribution is 3.76. The molecular weight excluding hydrogens is 60.0 g/mol. The minimum atomic E-state index is -2.17. The zero-order valence-electron chi connectivity index (χ0n) is 1.92. The van der Waals surface area contributed by atoms with E-state index in [0.29, 0.717) is 0 Å². The van der Waals surface area contributed by atoms with Crippen LogP contribution in [-0.2, 0) is 0 Å². The lowest BCUT2D eigenvalue weighted by Crippen LogP contribution is -1.98. The van der Waals surface area contributed by atoms with Crippen LogP contribution in [0.3, 0.4) is 0 Å². The van der Waals surface area contributed by atoms with Gasteiger partial charge in [0, 0.05) is 0 Å². The first kappa shape index (κ1) is 3.88. The Labute approximate surface area is 23.1 Å². The van der Waals surface area contributed by atoms with Gasteiger partial charge in [0.2, 0.25) is 0 Å². The largest absolute Gasteiger partial charge is 0.346 e. The first-order valence-corrected chi connectivity index (χ1v) is 0.775. The highest BCUT2D eigenvalue weighted by atomic mass is 16.6. The molecule has 0 aliphatic carbocycles. The fourth-order valence-electron chi connectivity index (χ4n) is 0. The average Bonchev–Trinajstić information content (AvgIpc) is 0.811. The minimum Gasteiger partial charge on any atom is -0.346 e. The second-order valence-electron chi connectivity index (χ2n) is 0.346. The molecule has 0 aliphatic rings. The van der Waals surface area contributed by atoms with Crippen molar-refractivity contribution in [2.24, 2.45) is 0 Å². The molecule has 0 aromatic heterocycles. The van der Waals surface area contributed by atoms with Crippen LogP contribution in [0.1, 0.15) is 0 Å². The van der Waals surface area contributed by atoms with Gasteiger partial charge < -0.3 is 15.3 Å². The Hall–Kier alpha value is -0.120. The number of rotatable bonds is 0. The number of hydrogen-bond acceptors (Lipinski definition) is 3. The van der Waals surface area contributed by atoms with Crippen LogP contribution in [0.2, 0.25) is 0 Å². The number of aliphatic hydroxyl groups is 3. The second-order valence-corrected chi connectivity index (χ2v) is 0.346. The molecular formula is CH4O3. The van der Waals surface area contributed by atoms with Crippen molar-refractivity contribution < 1.29 is 15.3 Å². The third-order valence-electron chi connectivity index (χ3n) is 0. The molecule has 0 radical (unpaired) electrons. The molecule has 0 aliphatic heterocycles. The van der Waals surface area contributed by atoms with E-state index in [0.717, 1.165) is 0 Å². The van der Waals surface area contributed by atoms with E-state index in [1.54, 1.807) is 0 Å². The van der Waals surface area contributed by atoms with Gasteiger partial charge in [-0.3, -0.25) is 0 Å². The quantitative estimate of drug-likeness (QED) is 0.293. The van der Waals surface area contributed by atoms with E-state index in [-0.39, 0.29) is 0 Å². The molecule has 0 amide bonds. The molecule has 0 spiro atoms. The maximum atomic E-state index is 7.17. The molecule has 0 fully saturated rings. The van der Waals surface area contributed by atoms with Crippen LogP contribution in [0, 0.1) is 0 Å². The van der Waals surface area contributed by atoms with Gasteiger partial charge in [-0.15, -0.1) is 0 Å². The van der Waals surface area contributed by atoms with Gasteiger partial charge in [0.15, 0.2) is 0 Å². The van der Waals surface area contributed by atoms with Crippen LogP contribution in [0.15, 0.2) is 0 Å². The molecule has 0 saturated carbocycles. The van der Waals surface area contributed by atoms with Gasteiger partial charge in [-0.05, 0) is 0 Å². The van der Waals surface area contributed by atoms with E-state index >= 15 is 0 Å². The summed E-state index contributed by atoms with van der Waals surface area (Å²) in [5, 5.41) is 21.5. The molecule has 0 saturated heterocycles. The average molecular weight is 64.0 g/mol. The Kier molecular flexibility index (Phi) is 1.19. The van der Waals surface area contributed by atoms with Gasteiger partial charge >= 0.3 is 0 Å². The van der Waals surface area contributed by atoms with Gasteiger partial charge in [-0.2, -0.15) is 0 Å². The Morgan fingerprint density at radius 2 is 1.00 bits per heavy atom. The minimum absolute atomic E-state index is 2.17. The van der Waals surface area contributed by atoms with Crippen LogP contribution in [-0.4, -0.2) is 21.8 Å². The smallest absolute Gasteiger partial charge is 0.263 e. The van der Waals surface area contributed by atoms with Crippen molar-refractivity contribution in [1.82, 2.24) is 0 Å². The van der Waals surface area contributed by atoms with E-state index in [1.165, 1.54) is 0 Å². The van der Waals surface area contributed by atoms with E-state index < -0.39 is 6.48 Å². The molecule has 0 aromatic carbocycles. The van der Waals surface area contributed by atoms with Crippen LogP contribution in [0.4, 0.5) is 0 Å². The lowest BCUT2D eigenvalue weighted by molar-refractivity contribution is -0.198. The maximum Gasteiger partial charge on any atom is 0.263 e. The van der Waals surface area contributed by atoms with Crippen molar-refractivity contribution in [3.05, 3.63) is 0 Å². The zero-order valence-corrected chi connectivity index (χ0v) is 1.92. The molecule has 0 heterocycles. The predicted octanol–water partition coefficient (Wildman–Crippen LogP) is -1.75. The molecule has 0 aromatic rings. The molecule has 4 heavy (non-hydrogen) atoms. The fourth-order valence-corrected chi connectivity index (χ4v) is 0. The molecule has 0 bridgehead atoms. The van der Waals surface area contributed by atoms with Gasteiger partial charge in [0.05, 0.1) is 0 Å². The topological polar surface area (TPSA) is 60.7 Å². The highest BCUT2D eigenvalue weighted by Crippen LogP contribution is 1.49. The monoisotopic (exact) mass is 64.0 g/mol. The second kappa shape index (κ2) is 1.23. The van der Waals surface area contributed by atoms with Crippen molar-refractivity contribution in [3.63, 3.8) is 0 Å². The Morgan fingerprint density at radius 1 is 1.00 bits per heavy atom. The fraction of sp³-hybridized carbons (Fsp3) is 1.00. The summed E-state index contributed by atoms with van der Waals surface area (Å²) in [7, 11) is 0. The molecule has 0 unspecified atom stereocenters. The summed E-state index contributed by atoms with van der Waals surface area (Å²) in [4.78, 5) is 0. The van der Waals surface area contributed by atoms with E-state index in [9.17, 15) is 0 Å². The maximum absolute atomic E-state index is 7.17. The summed E-state index contributed by atoms with van der Waals surface area (Å²) in [5.41, 5.74) is 0. The summed E-state index contributed by atoms with van der Waals surface area (Å²) in [5.74, 6) is 0. The first-order valence-electron chi connectivity index (χ1n) is 0.775. The summed E-state index contributed by atoms with van der Waals surface area (Å²) in [6.07, 6.45) is 0. The molecule has 0 atom stereocenters.